The maximum Gasteiger partial charge on any atom is 0.433 e. The minimum Gasteiger partial charge on any atom is -0.311 e. The molecule has 0 spiro atoms. The lowest BCUT2D eigenvalue weighted by molar-refractivity contribution is -0.141. The highest BCUT2D eigenvalue weighted by atomic mass is 19.4. The Morgan fingerprint density at radius 1 is 1.04 bits per heavy atom. The smallest absolute Gasteiger partial charge is 0.311 e. The summed E-state index contributed by atoms with van der Waals surface area (Å²) in [5, 5.41) is 4.27. The topological polar surface area (TPSA) is 58.7 Å². The van der Waals surface area contributed by atoms with Gasteiger partial charge in [-0.3, -0.25) is 0 Å². The number of aliphatic imine (C=N–C) groups is 1. The number of nitrogens with zero attached hydrogens (tertiary/aromatic N) is 6. The Morgan fingerprint density at radius 3 is 2.68 bits per heavy atom. The summed E-state index contributed by atoms with van der Waals surface area (Å²) in [4.78, 5) is 13.9. The Hall–Kier alpha value is -3.23. The summed E-state index contributed by atoms with van der Waals surface area (Å²) < 4.78 is 40.3. The lowest BCUT2D eigenvalue weighted by Gasteiger charge is -2.20. The Bertz CT molecular complexity index is 989. The van der Waals surface area contributed by atoms with E-state index in [9.17, 15) is 13.2 Å². The van der Waals surface area contributed by atoms with Gasteiger partial charge in [0.1, 0.15) is 16.9 Å². The number of pyridine rings is 1. The van der Waals surface area contributed by atoms with E-state index in [0.29, 0.717) is 12.4 Å². The van der Waals surface area contributed by atoms with Gasteiger partial charge >= 0.3 is 6.18 Å². The van der Waals surface area contributed by atoms with E-state index in [2.05, 4.69) is 20.1 Å². The summed E-state index contributed by atoms with van der Waals surface area (Å²) in [5.41, 5.74) is -0.209. The van der Waals surface area contributed by atoms with Crippen molar-refractivity contribution in [3.8, 4) is 11.5 Å². The molecule has 3 aromatic rings. The molecule has 3 aromatic heterocycles. The molecular formula is C16H11F3N6. The molecule has 0 radical (unpaired) electrons. The average molecular weight is 344 g/mol. The Balaban J connectivity index is 1.86. The second kappa shape index (κ2) is 5.69. The Labute approximate surface area is 140 Å². The van der Waals surface area contributed by atoms with E-state index in [1.54, 1.807) is 34.2 Å². The molecule has 0 bridgehead atoms. The van der Waals surface area contributed by atoms with E-state index >= 15 is 0 Å². The van der Waals surface area contributed by atoms with Crippen LogP contribution in [-0.4, -0.2) is 32.5 Å². The molecule has 4 heterocycles. The number of rotatable bonds is 2. The summed E-state index contributed by atoms with van der Waals surface area (Å²) in [6.45, 7) is 0.552. The first-order valence-electron chi connectivity index (χ1n) is 7.37. The normalized spacial score (nSPS) is 14.4. The zero-order valence-corrected chi connectivity index (χ0v) is 12.7. The first kappa shape index (κ1) is 15.3. The van der Waals surface area contributed by atoms with Crippen molar-refractivity contribution in [3.63, 3.8) is 0 Å². The van der Waals surface area contributed by atoms with Gasteiger partial charge in [0.25, 0.3) is 0 Å². The van der Waals surface area contributed by atoms with Crippen molar-refractivity contribution in [2.24, 2.45) is 4.99 Å². The molecule has 0 unspecified atom stereocenters. The number of halogens is 3. The van der Waals surface area contributed by atoms with E-state index in [0.717, 1.165) is 11.6 Å². The molecule has 0 atom stereocenters. The van der Waals surface area contributed by atoms with Crippen molar-refractivity contribution in [2.75, 3.05) is 11.4 Å². The Morgan fingerprint density at radius 2 is 1.92 bits per heavy atom. The van der Waals surface area contributed by atoms with E-state index in [-0.39, 0.29) is 11.5 Å². The van der Waals surface area contributed by atoms with E-state index in [1.807, 2.05) is 12.1 Å². The molecule has 0 saturated carbocycles. The number of fused-ring (bicyclic) bond motifs is 1. The van der Waals surface area contributed by atoms with Crippen LogP contribution in [0, 0.1) is 0 Å². The zero-order valence-electron chi connectivity index (χ0n) is 12.7. The van der Waals surface area contributed by atoms with Crippen LogP contribution in [0.25, 0.3) is 17.0 Å². The molecule has 0 N–H and O–H groups in total. The number of hydrogen-bond acceptors (Lipinski definition) is 5. The fourth-order valence-electron chi connectivity index (χ4n) is 2.48. The summed E-state index contributed by atoms with van der Waals surface area (Å²) in [5.74, 6) is 0.648. The SMILES string of the molecule is FC(F)(F)c1cccc(-c2nc(N3C=NC=CC3)c3cccn3n2)n1. The second-order valence-electron chi connectivity index (χ2n) is 5.30. The van der Waals surface area contributed by atoms with Crippen molar-refractivity contribution >= 4 is 17.7 Å². The van der Waals surface area contributed by atoms with Crippen LogP contribution in [0.5, 0.6) is 0 Å². The molecule has 0 saturated heterocycles. The summed E-state index contributed by atoms with van der Waals surface area (Å²) in [7, 11) is 0. The van der Waals surface area contributed by atoms with Crippen molar-refractivity contribution in [1.82, 2.24) is 19.6 Å². The monoisotopic (exact) mass is 344 g/mol. The molecule has 1 aliphatic rings. The quantitative estimate of drug-likeness (QED) is 0.716. The van der Waals surface area contributed by atoms with Gasteiger partial charge in [-0.25, -0.2) is 19.5 Å². The highest BCUT2D eigenvalue weighted by Crippen LogP contribution is 2.29. The largest absolute Gasteiger partial charge is 0.433 e. The Kier molecular flexibility index (Phi) is 3.48. The van der Waals surface area contributed by atoms with Gasteiger partial charge in [-0.05, 0) is 30.3 Å². The molecule has 4 rings (SSSR count). The minimum absolute atomic E-state index is 0.0520. The minimum atomic E-state index is -4.53. The van der Waals surface area contributed by atoms with Gasteiger partial charge in [-0.2, -0.15) is 13.2 Å². The van der Waals surface area contributed by atoms with Crippen molar-refractivity contribution < 1.29 is 13.2 Å². The molecule has 9 heteroatoms. The van der Waals surface area contributed by atoms with Gasteiger partial charge < -0.3 is 4.90 Å². The number of aromatic nitrogens is 4. The molecule has 6 nitrogen and oxygen atoms in total. The molecule has 0 aliphatic carbocycles. The van der Waals surface area contributed by atoms with E-state index in [1.165, 1.54) is 12.1 Å². The molecule has 0 amide bonds. The van der Waals surface area contributed by atoms with Gasteiger partial charge in [0.05, 0.1) is 6.34 Å². The third-order valence-corrected chi connectivity index (χ3v) is 3.61. The van der Waals surface area contributed by atoms with Crippen molar-refractivity contribution in [1.29, 1.82) is 0 Å². The van der Waals surface area contributed by atoms with Gasteiger partial charge in [0.2, 0.25) is 5.82 Å². The van der Waals surface area contributed by atoms with Crippen LogP contribution in [-0.2, 0) is 6.18 Å². The van der Waals surface area contributed by atoms with Crippen LogP contribution < -0.4 is 4.90 Å². The molecule has 25 heavy (non-hydrogen) atoms. The molecule has 0 fully saturated rings. The van der Waals surface area contributed by atoms with Crippen LogP contribution in [0.1, 0.15) is 5.69 Å². The molecular weight excluding hydrogens is 333 g/mol. The highest BCUT2D eigenvalue weighted by Gasteiger charge is 2.32. The summed E-state index contributed by atoms with van der Waals surface area (Å²) in [6, 6.07) is 7.27. The highest BCUT2D eigenvalue weighted by molar-refractivity contribution is 5.86. The standard InChI is InChI=1S/C16H11F3N6/c17-16(18,19)13-6-1-4-11(21-13)14-22-15(24-8-3-7-20-10-24)12-5-2-9-25(12)23-14/h1-7,9-10H,8H2. The predicted molar refractivity (Wildman–Crippen MR) is 86.2 cm³/mol. The average Bonchev–Trinajstić information content (AvgIpc) is 3.09. The van der Waals surface area contributed by atoms with Crippen LogP contribution >= 0.6 is 0 Å². The third kappa shape index (κ3) is 2.84. The van der Waals surface area contributed by atoms with Crippen LogP contribution in [0.15, 0.2) is 53.8 Å². The van der Waals surface area contributed by atoms with E-state index < -0.39 is 11.9 Å². The van der Waals surface area contributed by atoms with Gasteiger partial charge in [-0.1, -0.05) is 6.07 Å². The fourth-order valence-corrected chi connectivity index (χ4v) is 2.48. The zero-order chi connectivity index (χ0) is 17.4. The van der Waals surface area contributed by atoms with Gasteiger partial charge in [0, 0.05) is 18.9 Å². The maximum absolute atomic E-state index is 12.9. The number of anilines is 1. The lowest BCUT2D eigenvalue weighted by atomic mass is 10.3. The second-order valence-corrected chi connectivity index (χ2v) is 5.30. The first-order chi connectivity index (χ1) is 12.0. The summed E-state index contributed by atoms with van der Waals surface area (Å²) >= 11 is 0. The van der Waals surface area contributed by atoms with E-state index in [4.69, 9.17) is 0 Å². The fraction of sp³-hybridized carbons (Fsp3) is 0.125. The van der Waals surface area contributed by atoms with Crippen LogP contribution in [0.3, 0.4) is 0 Å². The van der Waals surface area contributed by atoms with Gasteiger partial charge in [-0.15, -0.1) is 5.10 Å². The van der Waals surface area contributed by atoms with Gasteiger partial charge in [0.15, 0.2) is 5.82 Å². The van der Waals surface area contributed by atoms with Crippen LogP contribution in [0.4, 0.5) is 19.0 Å². The molecule has 1 aliphatic heterocycles. The predicted octanol–water partition coefficient (Wildman–Crippen LogP) is 3.17. The lowest BCUT2D eigenvalue weighted by Crippen LogP contribution is -2.25. The maximum atomic E-state index is 12.9. The number of alkyl halides is 3. The van der Waals surface area contributed by atoms with Crippen molar-refractivity contribution in [3.05, 3.63) is 54.5 Å². The molecule has 126 valence electrons. The first-order valence-corrected chi connectivity index (χ1v) is 7.37. The van der Waals surface area contributed by atoms with Crippen LogP contribution in [0.2, 0.25) is 0 Å². The van der Waals surface area contributed by atoms with Crippen molar-refractivity contribution in [2.45, 2.75) is 6.18 Å². The summed E-state index contributed by atoms with van der Waals surface area (Å²) in [6.07, 6.45) is 2.31. The molecule has 0 aromatic carbocycles. The number of hydrogen-bond donors (Lipinski definition) is 0. The third-order valence-electron chi connectivity index (χ3n) is 3.61.